The molecule has 0 bridgehead atoms. The molecule has 0 radical (unpaired) electrons. The number of aromatic nitrogens is 3. The quantitative estimate of drug-likeness (QED) is 0.809. The zero-order valence-corrected chi connectivity index (χ0v) is 17.3. The van der Waals surface area contributed by atoms with Crippen molar-refractivity contribution in [1.29, 1.82) is 0 Å². The lowest BCUT2D eigenvalue weighted by atomic mass is 10.0. The number of nitrogens with one attached hydrogen (secondary N) is 1. The van der Waals surface area contributed by atoms with Gasteiger partial charge in [-0.1, -0.05) is 19.8 Å². The van der Waals surface area contributed by atoms with Gasteiger partial charge in [0.15, 0.2) is 5.82 Å². The molecule has 0 spiro atoms. The molecule has 0 unspecified atom stereocenters. The van der Waals surface area contributed by atoms with Crippen LogP contribution in [0.1, 0.15) is 57.6 Å². The third-order valence-electron chi connectivity index (χ3n) is 6.20. The molecule has 0 atom stereocenters. The normalized spacial score (nSPS) is 18.2. The fourth-order valence-electron chi connectivity index (χ4n) is 4.47. The fraction of sp³-hybridized carbons (Fsp3) is 0.565. The fourth-order valence-corrected chi connectivity index (χ4v) is 4.47. The minimum absolute atomic E-state index is 0.241. The second-order valence-electron chi connectivity index (χ2n) is 8.31. The van der Waals surface area contributed by atoms with Gasteiger partial charge in [-0.05, 0) is 50.2 Å². The summed E-state index contributed by atoms with van der Waals surface area (Å²) in [7, 11) is 0. The van der Waals surface area contributed by atoms with E-state index in [1.54, 1.807) is 12.4 Å². The first kappa shape index (κ1) is 19.8. The van der Waals surface area contributed by atoms with Crippen molar-refractivity contribution in [1.82, 2.24) is 20.3 Å². The van der Waals surface area contributed by atoms with Gasteiger partial charge in [0.05, 0.1) is 0 Å². The Bertz CT molecular complexity index is 811. The van der Waals surface area contributed by atoms with Gasteiger partial charge in [-0.2, -0.15) is 0 Å². The average Bonchev–Trinajstić information content (AvgIpc) is 3.27. The highest BCUT2D eigenvalue weighted by Crippen LogP contribution is 2.28. The number of hydrogen-bond donors (Lipinski definition) is 1. The van der Waals surface area contributed by atoms with E-state index in [4.69, 9.17) is 9.97 Å². The van der Waals surface area contributed by atoms with Crippen LogP contribution >= 0.6 is 0 Å². The van der Waals surface area contributed by atoms with Gasteiger partial charge >= 0.3 is 0 Å². The molecule has 1 saturated heterocycles. The van der Waals surface area contributed by atoms with Gasteiger partial charge in [0.25, 0.3) is 0 Å². The number of pyridine rings is 1. The number of carbonyl (C=O) groups excluding carboxylic acids is 1. The SMILES string of the molecule is CCc1cc(N2CCC(NC(=O)CC3CCCC3)CC2)nc(-c2ccncc2)n1. The molecule has 2 aromatic rings. The molecule has 6 heteroatoms. The van der Waals surface area contributed by atoms with E-state index in [0.29, 0.717) is 12.3 Å². The molecule has 1 N–H and O–H groups in total. The van der Waals surface area contributed by atoms with Crippen LogP contribution in [-0.2, 0) is 11.2 Å². The molecular weight excluding hydrogens is 362 g/mol. The summed E-state index contributed by atoms with van der Waals surface area (Å²) < 4.78 is 0. The number of aryl methyl sites for hydroxylation is 1. The van der Waals surface area contributed by atoms with Crippen LogP contribution in [-0.4, -0.2) is 40.0 Å². The van der Waals surface area contributed by atoms with Gasteiger partial charge in [-0.3, -0.25) is 9.78 Å². The van der Waals surface area contributed by atoms with Crippen molar-refractivity contribution in [2.24, 2.45) is 5.92 Å². The molecule has 2 aliphatic rings. The Balaban J connectivity index is 1.37. The molecule has 154 valence electrons. The van der Waals surface area contributed by atoms with E-state index in [0.717, 1.165) is 55.3 Å². The highest BCUT2D eigenvalue weighted by Gasteiger charge is 2.24. The van der Waals surface area contributed by atoms with Crippen LogP contribution in [0.5, 0.6) is 0 Å². The van der Waals surface area contributed by atoms with Crippen molar-refractivity contribution in [3.8, 4) is 11.4 Å². The Morgan fingerprint density at radius 1 is 1.10 bits per heavy atom. The Labute approximate surface area is 173 Å². The number of piperidine rings is 1. The predicted octanol–water partition coefficient (Wildman–Crippen LogP) is 3.77. The van der Waals surface area contributed by atoms with Crippen LogP contribution in [0.3, 0.4) is 0 Å². The summed E-state index contributed by atoms with van der Waals surface area (Å²) >= 11 is 0. The summed E-state index contributed by atoms with van der Waals surface area (Å²) in [6.45, 7) is 3.93. The van der Waals surface area contributed by atoms with Crippen LogP contribution in [0, 0.1) is 5.92 Å². The first-order valence-corrected chi connectivity index (χ1v) is 11.0. The van der Waals surface area contributed by atoms with E-state index in [2.05, 4.69) is 28.2 Å². The number of amides is 1. The van der Waals surface area contributed by atoms with Gasteiger partial charge in [0, 0.05) is 55.3 Å². The molecule has 1 aliphatic carbocycles. The van der Waals surface area contributed by atoms with Crippen LogP contribution in [0.2, 0.25) is 0 Å². The Kier molecular flexibility index (Phi) is 6.37. The topological polar surface area (TPSA) is 71.0 Å². The number of rotatable bonds is 6. The summed E-state index contributed by atoms with van der Waals surface area (Å²) in [4.78, 5) is 28.3. The highest BCUT2D eigenvalue weighted by atomic mass is 16.1. The minimum Gasteiger partial charge on any atom is -0.356 e. The smallest absolute Gasteiger partial charge is 0.220 e. The molecule has 2 aromatic heterocycles. The van der Waals surface area contributed by atoms with Crippen LogP contribution in [0.4, 0.5) is 5.82 Å². The number of hydrogen-bond acceptors (Lipinski definition) is 5. The van der Waals surface area contributed by atoms with Crippen molar-refractivity contribution in [2.45, 2.75) is 64.3 Å². The third-order valence-corrected chi connectivity index (χ3v) is 6.20. The summed E-state index contributed by atoms with van der Waals surface area (Å²) in [5, 5.41) is 3.27. The van der Waals surface area contributed by atoms with Crippen LogP contribution in [0.15, 0.2) is 30.6 Å². The first-order valence-electron chi connectivity index (χ1n) is 11.0. The molecule has 3 heterocycles. The molecule has 1 saturated carbocycles. The maximum Gasteiger partial charge on any atom is 0.220 e. The average molecular weight is 394 g/mol. The van der Waals surface area contributed by atoms with E-state index in [1.165, 1.54) is 25.7 Å². The third kappa shape index (κ3) is 5.11. The van der Waals surface area contributed by atoms with Gasteiger partial charge < -0.3 is 10.2 Å². The molecule has 1 amide bonds. The molecule has 0 aromatic carbocycles. The van der Waals surface area contributed by atoms with E-state index < -0.39 is 0 Å². The molecule has 4 rings (SSSR count). The van der Waals surface area contributed by atoms with E-state index in [9.17, 15) is 4.79 Å². The Morgan fingerprint density at radius 2 is 1.83 bits per heavy atom. The minimum atomic E-state index is 0.241. The summed E-state index contributed by atoms with van der Waals surface area (Å²) in [6, 6.07) is 6.28. The summed E-state index contributed by atoms with van der Waals surface area (Å²) in [5.41, 5.74) is 2.04. The highest BCUT2D eigenvalue weighted by molar-refractivity contribution is 5.76. The Hall–Kier alpha value is -2.50. The molecule has 1 aliphatic heterocycles. The second-order valence-corrected chi connectivity index (χ2v) is 8.31. The van der Waals surface area contributed by atoms with Crippen molar-refractivity contribution >= 4 is 11.7 Å². The molecule has 29 heavy (non-hydrogen) atoms. The van der Waals surface area contributed by atoms with Crippen molar-refractivity contribution in [2.75, 3.05) is 18.0 Å². The number of anilines is 1. The first-order chi connectivity index (χ1) is 14.2. The maximum atomic E-state index is 12.4. The van der Waals surface area contributed by atoms with Gasteiger partial charge in [-0.25, -0.2) is 9.97 Å². The molecule has 2 fully saturated rings. The van der Waals surface area contributed by atoms with Gasteiger partial charge in [-0.15, -0.1) is 0 Å². The lowest BCUT2D eigenvalue weighted by molar-refractivity contribution is -0.122. The van der Waals surface area contributed by atoms with Crippen molar-refractivity contribution in [3.63, 3.8) is 0 Å². The van der Waals surface area contributed by atoms with Crippen molar-refractivity contribution < 1.29 is 4.79 Å². The Morgan fingerprint density at radius 3 is 2.52 bits per heavy atom. The standard InChI is InChI=1S/C23H31N5O/c1-2-19-16-21(27-23(26-19)18-7-11-24-12-8-18)28-13-9-20(10-14-28)25-22(29)15-17-5-3-4-6-17/h7-8,11-12,16-17,20H,2-6,9-10,13-15H2,1H3,(H,25,29). The monoisotopic (exact) mass is 393 g/mol. The van der Waals surface area contributed by atoms with Crippen molar-refractivity contribution in [3.05, 3.63) is 36.3 Å². The van der Waals surface area contributed by atoms with Crippen LogP contribution in [0.25, 0.3) is 11.4 Å². The zero-order valence-electron chi connectivity index (χ0n) is 17.3. The molecule has 6 nitrogen and oxygen atoms in total. The second kappa shape index (κ2) is 9.33. The zero-order chi connectivity index (χ0) is 20.1. The van der Waals surface area contributed by atoms with Crippen LogP contribution < -0.4 is 10.2 Å². The summed E-state index contributed by atoms with van der Waals surface area (Å²) in [5.74, 6) is 2.59. The molecular formula is C23H31N5O. The number of nitrogens with zero attached hydrogens (tertiary/aromatic N) is 4. The maximum absolute atomic E-state index is 12.4. The van der Waals surface area contributed by atoms with E-state index in [1.807, 2.05) is 12.1 Å². The largest absolute Gasteiger partial charge is 0.356 e. The lowest BCUT2D eigenvalue weighted by Crippen LogP contribution is -2.45. The predicted molar refractivity (Wildman–Crippen MR) is 115 cm³/mol. The van der Waals surface area contributed by atoms with Gasteiger partial charge in [0.2, 0.25) is 5.91 Å². The van der Waals surface area contributed by atoms with E-state index in [-0.39, 0.29) is 11.9 Å². The van der Waals surface area contributed by atoms with Gasteiger partial charge in [0.1, 0.15) is 5.82 Å². The van der Waals surface area contributed by atoms with E-state index >= 15 is 0 Å². The number of carbonyl (C=O) groups is 1. The lowest BCUT2D eigenvalue weighted by Gasteiger charge is -2.33. The summed E-state index contributed by atoms with van der Waals surface area (Å²) in [6.07, 6.45) is 12.1.